The molecule has 0 fully saturated rings. The van der Waals surface area contributed by atoms with Crippen molar-refractivity contribution in [2.45, 2.75) is 105 Å². The second-order valence-electron chi connectivity index (χ2n) is 11.2. The third kappa shape index (κ3) is 6.30. The van der Waals surface area contributed by atoms with Crippen LogP contribution in [0.3, 0.4) is 0 Å². The third-order valence-corrected chi connectivity index (χ3v) is 4.17. The Labute approximate surface area is 161 Å². The minimum Gasteiger partial charge on any atom is -0.332 e. The maximum Gasteiger partial charge on any atom is 0.0954 e. The summed E-state index contributed by atoms with van der Waals surface area (Å²) in [6.45, 7) is 26.1. The summed E-state index contributed by atoms with van der Waals surface area (Å²) in [5.41, 5.74) is 2.83. The van der Waals surface area contributed by atoms with Crippen molar-refractivity contribution in [1.29, 1.82) is 0 Å². The Morgan fingerprint density at radius 1 is 0.692 bits per heavy atom. The van der Waals surface area contributed by atoms with E-state index < -0.39 is 0 Å². The largest absolute Gasteiger partial charge is 0.332 e. The topological polar surface area (TPSA) is 35.6 Å². The van der Waals surface area contributed by atoms with Gasteiger partial charge in [-0.25, -0.2) is 4.98 Å². The minimum atomic E-state index is 0.0868. The molecule has 2 aromatic rings. The Morgan fingerprint density at radius 3 is 1.42 bits per heavy atom. The third-order valence-electron chi connectivity index (χ3n) is 4.17. The van der Waals surface area contributed by atoms with Gasteiger partial charge in [0, 0.05) is 28.8 Å². The maximum atomic E-state index is 4.57. The second kappa shape index (κ2) is 7.21. The average molecular weight is 361 g/mol. The van der Waals surface area contributed by atoms with Crippen molar-refractivity contribution in [2.75, 3.05) is 0 Å². The van der Waals surface area contributed by atoms with E-state index >= 15 is 0 Å². The van der Waals surface area contributed by atoms with E-state index in [4.69, 9.17) is 0 Å². The smallest absolute Gasteiger partial charge is 0.0954 e. The van der Waals surface area contributed by atoms with Gasteiger partial charge >= 0.3 is 0 Å². The first-order valence-electron chi connectivity index (χ1n) is 9.54. The highest BCUT2D eigenvalue weighted by Gasteiger charge is 2.21. The van der Waals surface area contributed by atoms with Gasteiger partial charge in [0.1, 0.15) is 0 Å². The molecule has 26 heavy (non-hydrogen) atoms. The van der Waals surface area contributed by atoms with Gasteiger partial charge in [0.15, 0.2) is 0 Å². The summed E-state index contributed by atoms with van der Waals surface area (Å²) in [5, 5.41) is 4.57. The first-order chi connectivity index (χ1) is 11.4. The molecule has 4 nitrogen and oxygen atoms in total. The quantitative estimate of drug-likeness (QED) is 0.589. The summed E-state index contributed by atoms with van der Waals surface area (Å²) >= 11 is 0. The standard InChI is InChI=1S/2C11H20N2/c1-10(2,3)9-7-13(8-12-9)11(4,5)6;1-10(2,3)9-7-8-13(12-9)11(4,5)6/h2*7-8H,1-6H3. The van der Waals surface area contributed by atoms with E-state index in [1.807, 2.05) is 11.0 Å². The van der Waals surface area contributed by atoms with Crippen LogP contribution in [0.4, 0.5) is 0 Å². The van der Waals surface area contributed by atoms with Crippen LogP contribution in [0.5, 0.6) is 0 Å². The van der Waals surface area contributed by atoms with Gasteiger partial charge < -0.3 is 4.57 Å². The molecule has 0 saturated heterocycles. The molecule has 2 rings (SSSR count). The molecule has 0 saturated carbocycles. The Morgan fingerprint density at radius 2 is 1.19 bits per heavy atom. The zero-order valence-corrected chi connectivity index (χ0v) is 19.1. The number of hydrogen-bond donors (Lipinski definition) is 0. The SMILES string of the molecule is CC(C)(C)c1ccn(C(C)(C)C)n1.CC(C)(C)c1cn(C(C)(C)C)cn1. The molecule has 0 spiro atoms. The first kappa shape index (κ1) is 22.5. The van der Waals surface area contributed by atoms with Crippen LogP contribution in [-0.4, -0.2) is 19.3 Å². The predicted molar refractivity (Wildman–Crippen MR) is 112 cm³/mol. The van der Waals surface area contributed by atoms with Crippen molar-refractivity contribution in [3.63, 3.8) is 0 Å². The second-order valence-corrected chi connectivity index (χ2v) is 11.2. The summed E-state index contributed by atoms with van der Waals surface area (Å²) in [6, 6.07) is 2.10. The lowest BCUT2D eigenvalue weighted by atomic mass is 9.93. The van der Waals surface area contributed by atoms with Crippen molar-refractivity contribution < 1.29 is 0 Å². The van der Waals surface area contributed by atoms with E-state index in [0.717, 1.165) is 11.4 Å². The molecule has 0 radical (unpaired) electrons. The summed E-state index contributed by atoms with van der Waals surface area (Å²) in [5.74, 6) is 0. The van der Waals surface area contributed by atoms with E-state index in [1.165, 1.54) is 0 Å². The Balaban J connectivity index is 0.000000260. The number of aromatic nitrogens is 4. The van der Waals surface area contributed by atoms with Crippen molar-refractivity contribution in [1.82, 2.24) is 19.3 Å². The van der Waals surface area contributed by atoms with Crippen LogP contribution >= 0.6 is 0 Å². The molecule has 0 aliphatic carbocycles. The molecule has 0 amide bonds. The highest BCUT2D eigenvalue weighted by molar-refractivity contribution is 5.11. The Bertz CT molecular complexity index is 573. The molecule has 148 valence electrons. The zero-order valence-electron chi connectivity index (χ0n) is 19.1. The molecular formula is C22H40N4. The van der Waals surface area contributed by atoms with E-state index in [2.05, 4.69) is 116 Å². The van der Waals surface area contributed by atoms with Crippen LogP contribution in [0, 0.1) is 0 Å². The number of rotatable bonds is 0. The van der Waals surface area contributed by atoms with Gasteiger partial charge in [0.05, 0.1) is 23.3 Å². The van der Waals surface area contributed by atoms with E-state index in [-0.39, 0.29) is 21.9 Å². The first-order valence-corrected chi connectivity index (χ1v) is 9.54. The molecule has 0 aliphatic rings. The highest BCUT2D eigenvalue weighted by Crippen LogP contribution is 2.23. The molecule has 0 atom stereocenters. The fraction of sp³-hybridized carbons (Fsp3) is 0.727. The van der Waals surface area contributed by atoms with Gasteiger partial charge in [-0.2, -0.15) is 5.10 Å². The average Bonchev–Trinajstić information content (AvgIpc) is 3.06. The van der Waals surface area contributed by atoms with E-state index in [0.29, 0.717) is 0 Å². The Hall–Kier alpha value is -1.58. The number of nitrogens with zero attached hydrogens (tertiary/aromatic N) is 4. The van der Waals surface area contributed by atoms with Crippen LogP contribution in [0.15, 0.2) is 24.8 Å². The summed E-state index contributed by atoms with van der Waals surface area (Å²) in [7, 11) is 0. The normalized spacial score (nSPS) is 13.4. The van der Waals surface area contributed by atoms with Crippen molar-refractivity contribution in [2.24, 2.45) is 0 Å². The lowest BCUT2D eigenvalue weighted by molar-refractivity contribution is 0.348. The van der Waals surface area contributed by atoms with E-state index in [1.54, 1.807) is 0 Å². The van der Waals surface area contributed by atoms with E-state index in [9.17, 15) is 0 Å². The molecule has 2 aromatic heterocycles. The van der Waals surface area contributed by atoms with Crippen molar-refractivity contribution in [3.8, 4) is 0 Å². The molecule has 0 N–H and O–H groups in total. The van der Waals surface area contributed by atoms with Crippen molar-refractivity contribution in [3.05, 3.63) is 36.2 Å². The molecular weight excluding hydrogens is 320 g/mol. The van der Waals surface area contributed by atoms with Gasteiger partial charge in [-0.3, -0.25) is 4.68 Å². The van der Waals surface area contributed by atoms with Crippen LogP contribution in [0.1, 0.15) is 94.5 Å². The summed E-state index contributed by atoms with van der Waals surface area (Å²) in [6.07, 6.45) is 6.11. The van der Waals surface area contributed by atoms with Gasteiger partial charge in [-0.05, 0) is 47.6 Å². The van der Waals surface area contributed by atoms with Crippen LogP contribution in [-0.2, 0) is 21.9 Å². The molecule has 2 heterocycles. The van der Waals surface area contributed by atoms with Crippen molar-refractivity contribution >= 4 is 0 Å². The molecule has 4 heteroatoms. The van der Waals surface area contributed by atoms with Crippen LogP contribution in [0.2, 0.25) is 0 Å². The van der Waals surface area contributed by atoms with Gasteiger partial charge in [-0.1, -0.05) is 41.5 Å². The van der Waals surface area contributed by atoms with Gasteiger partial charge in [-0.15, -0.1) is 0 Å². The predicted octanol–water partition coefficient (Wildman–Crippen LogP) is 5.87. The van der Waals surface area contributed by atoms with Gasteiger partial charge in [0.2, 0.25) is 0 Å². The maximum absolute atomic E-state index is 4.57. The van der Waals surface area contributed by atoms with Gasteiger partial charge in [0.25, 0.3) is 0 Å². The van der Waals surface area contributed by atoms with Crippen LogP contribution < -0.4 is 0 Å². The summed E-state index contributed by atoms with van der Waals surface area (Å²) < 4.78 is 4.18. The zero-order chi connectivity index (χ0) is 20.6. The Kier molecular flexibility index (Phi) is 6.22. The van der Waals surface area contributed by atoms with Crippen LogP contribution in [0.25, 0.3) is 0 Å². The number of imidazole rings is 1. The highest BCUT2D eigenvalue weighted by atomic mass is 15.3. The lowest BCUT2D eigenvalue weighted by Crippen LogP contribution is -2.23. The summed E-state index contributed by atoms with van der Waals surface area (Å²) in [4.78, 5) is 4.42. The monoisotopic (exact) mass is 360 g/mol. The lowest BCUT2D eigenvalue weighted by Gasteiger charge is -2.20. The molecule has 0 unspecified atom stereocenters. The number of hydrogen-bond acceptors (Lipinski definition) is 2. The fourth-order valence-electron chi connectivity index (χ4n) is 2.17. The molecule has 0 bridgehead atoms. The molecule has 0 aliphatic heterocycles. The molecule has 0 aromatic carbocycles. The fourth-order valence-corrected chi connectivity index (χ4v) is 2.17. The minimum absolute atomic E-state index is 0.0868.